The fraction of sp³-hybridized carbons (Fsp3) is 0.227. The molecule has 2 aromatic rings. The van der Waals surface area contributed by atoms with E-state index >= 15 is 0 Å². The van der Waals surface area contributed by atoms with Gasteiger partial charge in [0.1, 0.15) is 6.42 Å². The molecule has 1 aliphatic heterocycles. The maximum atomic E-state index is 12.7. The number of nitrogens with zero attached hydrogens (tertiary/aromatic N) is 2. The van der Waals surface area contributed by atoms with E-state index in [9.17, 15) is 19.2 Å². The number of carbonyl (C=O) groups is 4. The average molecular weight is 404 g/mol. The van der Waals surface area contributed by atoms with Gasteiger partial charge in [-0.15, -0.1) is 0 Å². The Morgan fingerprint density at radius 1 is 0.933 bits per heavy atom. The van der Waals surface area contributed by atoms with Gasteiger partial charge >= 0.3 is 0 Å². The van der Waals surface area contributed by atoms with Gasteiger partial charge in [-0.1, -0.05) is 0 Å². The zero-order valence-corrected chi connectivity index (χ0v) is 16.8. The van der Waals surface area contributed by atoms with Crippen LogP contribution in [0.5, 0.6) is 0 Å². The third-order valence-corrected chi connectivity index (χ3v) is 4.49. The van der Waals surface area contributed by atoms with Crippen LogP contribution in [0, 0.1) is 11.3 Å². The molecule has 8 heteroatoms. The van der Waals surface area contributed by atoms with E-state index in [0.717, 1.165) is 0 Å². The highest BCUT2D eigenvalue weighted by atomic mass is 16.2. The number of hydrogen-bond donors (Lipinski definition) is 2. The number of hydrogen-bond acceptors (Lipinski definition) is 5. The molecule has 1 heterocycles. The van der Waals surface area contributed by atoms with Crippen molar-refractivity contribution >= 4 is 35.0 Å². The number of nitriles is 1. The number of fused-ring (bicyclic) bond motifs is 1. The molecule has 2 N–H and O–H groups in total. The van der Waals surface area contributed by atoms with Crippen molar-refractivity contribution in [2.45, 2.75) is 32.7 Å². The van der Waals surface area contributed by atoms with Gasteiger partial charge < -0.3 is 10.6 Å². The van der Waals surface area contributed by atoms with Crippen LogP contribution in [0.2, 0.25) is 0 Å². The van der Waals surface area contributed by atoms with E-state index in [2.05, 4.69) is 10.6 Å². The molecule has 4 amide bonds. The molecule has 3 rings (SSSR count). The molecule has 0 bridgehead atoms. The van der Waals surface area contributed by atoms with Gasteiger partial charge in [0.25, 0.3) is 17.7 Å². The molecule has 0 saturated heterocycles. The van der Waals surface area contributed by atoms with Gasteiger partial charge in [-0.3, -0.25) is 24.1 Å². The highest BCUT2D eigenvalue weighted by Crippen LogP contribution is 2.30. The quantitative estimate of drug-likeness (QED) is 0.759. The van der Waals surface area contributed by atoms with Crippen molar-refractivity contribution in [1.82, 2.24) is 4.90 Å². The Hall–Kier alpha value is -3.99. The van der Waals surface area contributed by atoms with Crippen LogP contribution in [0.25, 0.3) is 0 Å². The Bertz CT molecular complexity index is 1090. The van der Waals surface area contributed by atoms with Crippen LogP contribution < -0.4 is 10.6 Å². The second kappa shape index (κ2) is 7.79. The number of nitrogens with one attached hydrogen (secondary N) is 2. The molecular weight excluding hydrogens is 384 g/mol. The summed E-state index contributed by atoms with van der Waals surface area (Å²) in [6, 6.07) is 12.6. The molecule has 0 aromatic heterocycles. The fourth-order valence-corrected chi connectivity index (χ4v) is 3.11. The number of rotatable bonds is 4. The summed E-state index contributed by atoms with van der Waals surface area (Å²) in [5.74, 6) is -1.65. The first-order chi connectivity index (χ1) is 14.1. The SMILES string of the molecule is CC(C)(C)N1C(=O)c2ccc(C(=O)Nc3ccc(NC(=O)CC#N)cc3)cc2C1=O. The van der Waals surface area contributed by atoms with Crippen molar-refractivity contribution in [3.63, 3.8) is 0 Å². The van der Waals surface area contributed by atoms with Crippen LogP contribution in [0.15, 0.2) is 42.5 Å². The Kier molecular flexibility index (Phi) is 5.39. The third-order valence-electron chi connectivity index (χ3n) is 4.49. The lowest BCUT2D eigenvalue weighted by molar-refractivity contribution is -0.115. The molecule has 30 heavy (non-hydrogen) atoms. The fourth-order valence-electron chi connectivity index (χ4n) is 3.11. The number of imide groups is 1. The summed E-state index contributed by atoms with van der Waals surface area (Å²) < 4.78 is 0. The first-order valence-corrected chi connectivity index (χ1v) is 9.23. The maximum absolute atomic E-state index is 12.7. The molecule has 0 saturated carbocycles. The molecule has 152 valence electrons. The largest absolute Gasteiger partial charge is 0.325 e. The summed E-state index contributed by atoms with van der Waals surface area (Å²) in [6.45, 7) is 5.32. The molecule has 8 nitrogen and oxygen atoms in total. The summed E-state index contributed by atoms with van der Waals surface area (Å²) >= 11 is 0. The van der Waals surface area contributed by atoms with Gasteiger partial charge in [0.2, 0.25) is 5.91 Å². The summed E-state index contributed by atoms with van der Waals surface area (Å²) in [5.41, 5.74) is 1.05. The van der Waals surface area contributed by atoms with Crippen molar-refractivity contribution in [2.75, 3.05) is 10.6 Å². The Labute approximate surface area is 173 Å². The minimum Gasteiger partial charge on any atom is -0.325 e. The first kappa shape index (κ1) is 20.7. The summed E-state index contributed by atoms with van der Waals surface area (Å²) in [4.78, 5) is 50.4. The molecule has 0 spiro atoms. The van der Waals surface area contributed by atoms with Crippen LogP contribution in [0.3, 0.4) is 0 Å². The lowest BCUT2D eigenvalue weighted by Gasteiger charge is -2.29. The molecule has 0 radical (unpaired) electrons. The molecule has 0 atom stereocenters. The van der Waals surface area contributed by atoms with E-state index < -0.39 is 23.3 Å². The van der Waals surface area contributed by atoms with Crippen molar-refractivity contribution < 1.29 is 19.2 Å². The highest BCUT2D eigenvalue weighted by Gasteiger charge is 2.42. The van der Waals surface area contributed by atoms with Crippen LogP contribution in [-0.2, 0) is 4.79 Å². The van der Waals surface area contributed by atoms with E-state index in [-0.39, 0.29) is 29.0 Å². The number of amides is 4. The van der Waals surface area contributed by atoms with Crippen molar-refractivity contribution in [1.29, 1.82) is 5.26 Å². The molecule has 0 fully saturated rings. The summed E-state index contributed by atoms with van der Waals surface area (Å²) in [7, 11) is 0. The third kappa shape index (κ3) is 4.05. The van der Waals surface area contributed by atoms with Gasteiger partial charge in [-0.2, -0.15) is 5.26 Å². The first-order valence-electron chi connectivity index (χ1n) is 9.23. The van der Waals surface area contributed by atoms with E-state index in [0.29, 0.717) is 11.4 Å². The van der Waals surface area contributed by atoms with E-state index in [1.165, 1.54) is 23.1 Å². The van der Waals surface area contributed by atoms with E-state index in [4.69, 9.17) is 5.26 Å². The highest BCUT2D eigenvalue weighted by molar-refractivity contribution is 6.22. The predicted molar refractivity (Wildman–Crippen MR) is 110 cm³/mol. The standard InChI is InChI=1S/C22H20N4O4/c1-22(2,3)26-20(29)16-9-4-13(12-17(16)21(26)30)19(28)25-15-7-5-14(6-8-15)24-18(27)10-11-23/h4-9,12H,10H2,1-3H3,(H,24,27)(H,25,28). The van der Waals surface area contributed by atoms with Gasteiger partial charge in [0.15, 0.2) is 0 Å². The van der Waals surface area contributed by atoms with Crippen LogP contribution in [-0.4, -0.2) is 34.1 Å². The number of carbonyl (C=O) groups excluding carboxylic acids is 4. The van der Waals surface area contributed by atoms with Crippen molar-refractivity contribution in [3.8, 4) is 6.07 Å². The Balaban J connectivity index is 1.75. The van der Waals surface area contributed by atoms with E-state index in [1.54, 1.807) is 51.1 Å². The second-order valence-electron chi connectivity index (χ2n) is 7.79. The van der Waals surface area contributed by atoms with Crippen LogP contribution >= 0.6 is 0 Å². The molecule has 1 aliphatic rings. The average Bonchev–Trinajstić information content (AvgIpc) is 2.93. The minimum atomic E-state index is -0.667. The van der Waals surface area contributed by atoms with Gasteiger partial charge in [-0.05, 0) is 63.2 Å². The zero-order chi connectivity index (χ0) is 22.1. The summed E-state index contributed by atoms with van der Waals surface area (Å²) in [6.07, 6.45) is -0.245. The monoisotopic (exact) mass is 404 g/mol. The molecular formula is C22H20N4O4. The minimum absolute atomic E-state index is 0.207. The number of anilines is 2. The second-order valence-corrected chi connectivity index (χ2v) is 7.79. The normalized spacial score (nSPS) is 12.9. The lowest BCUT2D eigenvalue weighted by atomic mass is 10.1. The predicted octanol–water partition coefficient (Wildman–Crippen LogP) is 3.19. The maximum Gasteiger partial charge on any atom is 0.262 e. The van der Waals surface area contributed by atoms with Crippen molar-refractivity contribution in [2.24, 2.45) is 0 Å². The Morgan fingerprint density at radius 3 is 2.07 bits per heavy atom. The van der Waals surface area contributed by atoms with Gasteiger partial charge in [0.05, 0.1) is 17.2 Å². The van der Waals surface area contributed by atoms with Gasteiger partial charge in [-0.25, -0.2) is 0 Å². The molecule has 0 unspecified atom stereocenters. The molecule has 2 aromatic carbocycles. The topological polar surface area (TPSA) is 119 Å². The number of benzene rings is 2. The lowest BCUT2D eigenvalue weighted by Crippen LogP contribution is -2.45. The van der Waals surface area contributed by atoms with Crippen LogP contribution in [0.4, 0.5) is 11.4 Å². The van der Waals surface area contributed by atoms with E-state index in [1.807, 2.05) is 0 Å². The zero-order valence-electron chi connectivity index (χ0n) is 16.8. The Morgan fingerprint density at radius 2 is 1.50 bits per heavy atom. The molecule has 0 aliphatic carbocycles. The van der Waals surface area contributed by atoms with Crippen molar-refractivity contribution in [3.05, 3.63) is 59.2 Å². The summed E-state index contributed by atoms with van der Waals surface area (Å²) in [5, 5.41) is 13.8. The van der Waals surface area contributed by atoms with Crippen LogP contribution in [0.1, 0.15) is 58.3 Å². The smallest absolute Gasteiger partial charge is 0.262 e. The van der Waals surface area contributed by atoms with Gasteiger partial charge in [0, 0.05) is 22.5 Å².